The quantitative estimate of drug-likeness (QED) is 0.763. The number of carboxylic acid groups (broad SMARTS) is 1. The number of aliphatic carboxylic acids is 1. The van der Waals surface area contributed by atoms with E-state index in [0.717, 1.165) is 12.8 Å². The third-order valence-corrected chi connectivity index (χ3v) is 2.63. The molecule has 1 atom stereocenters. The zero-order valence-electron chi connectivity index (χ0n) is 10.5. The first kappa shape index (κ1) is 13.7. The molecule has 0 bridgehead atoms. The van der Waals surface area contributed by atoms with Gasteiger partial charge in [-0.15, -0.1) is 0 Å². The molecule has 0 heterocycles. The number of carbonyl (C=O) groups is 1. The Morgan fingerprint density at radius 1 is 1.29 bits per heavy atom. The molecular weight excluding hydrogens is 214 g/mol. The second kappa shape index (κ2) is 7.07. The standard InChI is InChI=1S/C14H21NO2/c1-11(2)15-13(14(16)17)10-6-9-12-7-4-3-5-8-12/h3-5,7-8,11,13,15H,6,9-10H2,1-2H3,(H,16,17). The maximum Gasteiger partial charge on any atom is 0.320 e. The lowest BCUT2D eigenvalue weighted by Crippen LogP contribution is -2.40. The first-order valence-corrected chi connectivity index (χ1v) is 6.12. The molecule has 0 fully saturated rings. The van der Waals surface area contributed by atoms with Crippen LogP contribution in [0, 0.1) is 0 Å². The number of hydrogen-bond acceptors (Lipinski definition) is 2. The highest BCUT2D eigenvalue weighted by atomic mass is 16.4. The highest BCUT2D eigenvalue weighted by Crippen LogP contribution is 2.07. The van der Waals surface area contributed by atoms with Crippen LogP contribution in [0.3, 0.4) is 0 Å². The van der Waals surface area contributed by atoms with Crippen LogP contribution in [0.5, 0.6) is 0 Å². The summed E-state index contributed by atoms with van der Waals surface area (Å²) in [6, 6.07) is 9.93. The zero-order chi connectivity index (χ0) is 12.7. The SMILES string of the molecule is CC(C)NC(CCCc1ccccc1)C(=O)O. The third kappa shape index (κ3) is 5.50. The Kier molecular flexibility index (Phi) is 5.70. The molecule has 0 radical (unpaired) electrons. The van der Waals surface area contributed by atoms with Crippen molar-refractivity contribution in [3.05, 3.63) is 35.9 Å². The summed E-state index contributed by atoms with van der Waals surface area (Å²) >= 11 is 0. The molecule has 0 saturated carbocycles. The molecule has 0 aliphatic heterocycles. The fraction of sp³-hybridized carbons (Fsp3) is 0.500. The van der Waals surface area contributed by atoms with Crippen molar-refractivity contribution < 1.29 is 9.90 Å². The monoisotopic (exact) mass is 235 g/mol. The van der Waals surface area contributed by atoms with E-state index in [1.807, 2.05) is 32.0 Å². The van der Waals surface area contributed by atoms with Crippen LogP contribution in [-0.2, 0) is 11.2 Å². The van der Waals surface area contributed by atoms with E-state index in [1.54, 1.807) is 0 Å². The van der Waals surface area contributed by atoms with Gasteiger partial charge in [-0.3, -0.25) is 4.79 Å². The lowest BCUT2D eigenvalue weighted by atomic mass is 10.0. The Morgan fingerprint density at radius 3 is 2.47 bits per heavy atom. The van der Waals surface area contributed by atoms with Gasteiger partial charge in [-0.1, -0.05) is 44.2 Å². The van der Waals surface area contributed by atoms with E-state index in [9.17, 15) is 4.79 Å². The molecule has 17 heavy (non-hydrogen) atoms. The van der Waals surface area contributed by atoms with Crippen molar-refractivity contribution in [1.29, 1.82) is 0 Å². The van der Waals surface area contributed by atoms with Crippen LogP contribution in [0.15, 0.2) is 30.3 Å². The van der Waals surface area contributed by atoms with E-state index >= 15 is 0 Å². The Labute approximate surface area is 103 Å². The van der Waals surface area contributed by atoms with Gasteiger partial charge in [0, 0.05) is 6.04 Å². The predicted octanol–water partition coefficient (Wildman–Crippen LogP) is 2.46. The summed E-state index contributed by atoms with van der Waals surface area (Å²) in [6.07, 6.45) is 2.49. The maximum atomic E-state index is 11.0. The molecule has 1 rings (SSSR count). The number of rotatable bonds is 7. The average Bonchev–Trinajstić information content (AvgIpc) is 2.28. The van der Waals surface area contributed by atoms with Crippen LogP contribution in [-0.4, -0.2) is 23.2 Å². The van der Waals surface area contributed by atoms with E-state index in [0.29, 0.717) is 6.42 Å². The van der Waals surface area contributed by atoms with Gasteiger partial charge in [0.2, 0.25) is 0 Å². The van der Waals surface area contributed by atoms with Crippen molar-refractivity contribution in [3.8, 4) is 0 Å². The van der Waals surface area contributed by atoms with Gasteiger partial charge < -0.3 is 10.4 Å². The Balaban J connectivity index is 2.35. The molecule has 0 amide bonds. The molecule has 1 aromatic rings. The number of hydrogen-bond donors (Lipinski definition) is 2. The summed E-state index contributed by atoms with van der Waals surface area (Å²) in [5.41, 5.74) is 1.26. The molecule has 0 spiro atoms. The summed E-state index contributed by atoms with van der Waals surface area (Å²) in [7, 11) is 0. The minimum atomic E-state index is -0.758. The number of aryl methyl sites for hydroxylation is 1. The first-order chi connectivity index (χ1) is 8.09. The molecule has 3 nitrogen and oxygen atoms in total. The number of carboxylic acids is 1. The largest absolute Gasteiger partial charge is 0.480 e. The summed E-state index contributed by atoms with van der Waals surface area (Å²) in [5, 5.41) is 12.1. The van der Waals surface area contributed by atoms with Crippen molar-refractivity contribution in [2.75, 3.05) is 0 Å². The smallest absolute Gasteiger partial charge is 0.320 e. The van der Waals surface area contributed by atoms with Crippen molar-refractivity contribution in [3.63, 3.8) is 0 Å². The second-order valence-electron chi connectivity index (χ2n) is 4.59. The van der Waals surface area contributed by atoms with Crippen molar-refractivity contribution in [1.82, 2.24) is 5.32 Å². The first-order valence-electron chi connectivity index (χ1n) is 6.12. The van der Waals surface area contributed by atoms with Crippen LogP contribution < -0.4 is 5.32 Å². The lowest BCUT2D eigenvalue weighted by molar-refractivity contribution is -0.139. The summed E-state index contributed by atoms with van der Waals surface area (Å²) < 4.78 is 0. The predicted molar refractivity (Wildman–Crippen MR) is 69.1 cm³/mol. The molecule has 2 N–H and O–H groups in total. The molecule has 1 aromatic carbocycles. The summed E-state index contributed by atoms with van der Waals surface area (Å²) in [4.78, 5) is 11.0. The van der Waals surface area contributed by atoms with Crippen LogP contribution in [0.1, 0.15) is 32.3 Å². The normalized spacial score (nSPS) is 12.6. The minimum absolute atomic E-state index is 0.202. The fourth-order valence-corrected chi connectivity index (χ4v) is 1.84. The summed E-state index contributed by atoms with van der Waals surface area (Å²) in [5.74, 6) is -0.758. The topological polar surface area (TPSA) is 49.3 Å². The second-order valence-corrected chi connectivity index (χ2v) is 4.59. The van der Waals surface area contributed by atoms with Gasteiger partial charge in [-0.05, 0) is 24.8 Å². The van der Waals surface area contributed by atoms with Gasteiger partial charge in [-0.2, -0.15) is 0 Å². The zero-order valence-corrected chi connectivity index (χ0v) is 10.5. The fourth-order valence-electron chi connectivity index (χ4n) is 1.84. The van der Waals surface area contributed by atoms with Gasteiger partial charge >= 0.3 is 5.97 Å². The molecule has 1 unspecified atom stereocenters. The number of benzene rings is 1. The summed E-state index contributed by atoms with van der Waals surface area (Å²) in [6.45, 7) is 3.93. The lowest BCUT2D eigenvalue weighted by Gasteiger charge is -2.16. The minimum Gasteiger partial charge on any atom is -0.480 e. The van der Waals surface area contributed by atoms with Gasteiger partial charge in [0.25, 0.3) is 0 Å². The van der Waals surface area contributed by atoms with Crippen molar-refractivity contribution >= 4 is 5.97 Å². The van der Waals surface area contributed by atoms with Crippen molar-refractivity contribution in [2.45, 2.75) is 45.2 Å². The molecule has 0 aliphatic carbocycles. The van der Waals surface area contributed by atoms with E-state index in [2.05, 4.69) is 17.4 Å². The van der Waals surface area contributed by atoms with Gasteiger partial charge in [0.05, 0.1) is 0 Å². The van der Waals surface area contributed by atoms with E-state index < -0.39 is 12.0 Å². The highest BCUT2D eigenvalue weighted by molar-refractivity contribution is 5.73. The van der Waals surface area contributed by atoms with Crippen LogP contribution in [0.4, 0.5) is 0 Å². The third-order valence-electron chi connectivity index (χ3n) is 2.63. The van der Waals surface area contributed by atoms with E-state index in [-0.39, 0.29) is 6.04 Å². The van der Waals surface area contributed by atoms with Gasteiger partial charge in [0.15, 0.2) is 0 Å². The van der Waals surface area contributed by atoms with E-state index in [1.165, 1.54) is 5.56 Å². The Bertz CT molecular complexity index is 335. The maximum absolute atomic E-state index is 11.0. The Hall–Kier alpha value is -1.35. The number of nitrogens with one attached hydrogen (secondary N) is 1. The van der Waals surface area contributed by atoms with Gasteiger partial charge in [-0.25, -0.2) is 0 Å². The highest BCUT2D eigenvalue weighted by Gasteiger charge is 2.17. The van der Waals surface area contributed by atoms with E-state index in [4.69, 9.17) is 5.11 Å². The molecule has 0 aromatic heterocycles. The molecular formula is C14H21NO2. The molecule has 0 aliphatic rings. The average molecular weight is 235 g/mol. The van der Waals surface area contributed by atoms with Gasteiger partial charge in [0.1, 0.15) is 6.04 Å². The van der Waals surface area contributed by atoms with Crippen LogP contribution >= 0.6 is 0 Å². The Morgan fingerprint density at radius 2 is 1.94 bits per heavy atom. The van der Waals surface area contributed by atoms with Crippen LogP contribution in [0.25, 0.3) is 0 Å². The molecule has 0 saturated heterocycles. The van der Waals surface area contributed by atoms with Crippen LogP contribution in [0.2, 0.25) is 0 Å². The molecule has 3 heteroatoms. The van der Waals surface area contributed by atoms with Crippen molar-refractivity contribution in [2.24, 2.45) is 0 Å². The molecule has 94 valence electrons.